The molecule has 164 valence electrons. The van der Waals surface area contributed by atoms with Gasteiger partial charge in [0.05, 0.1) is 5.02 Å². The summed E-state index contributed by atoms with van der Waals surface area (Å²) < 4.78 is 19.0. The Kier molecular flexibility index (Phi) is 5.88. The summed E-state index contributed by atoms with van der Waals surface area (Å²) in [7, 11) is 0. The Hall–Kier alpha value is -2.67. The number of nitrogens with zero attached hydrogens (tertiary/aromatic N) is 1. The van der Waals surface area contributed by atoms with Crippen LogP contribution in [0, 0.1) is 11.7 Å². The Morgan fingerprint density at radius 2 is 1.87 bits per heavy atom. The largest absolute Gasteiger partial charge is 0.484 e. The Morgan fingerprint density at radius 3 is 2.52 bits per heavy atom. The van der Waals surface area contributed by atoms with E-state index in [9.17, 15) is 14.0 Å². The monoisotopic (exact) mass is 445 g/mol. The molecule has 0 aliphatic heterocycles. The summed E-state index contributed by atoms with van der Waals surface area (Å²) >= 11 is 5.67. The molecular formula is C23H25ClFN3O3. The van der Waals surface area contributed by atoms with E-state index in [1.165, 1.54) is 12.1 Å². The van der Waals surface area contributed by atoms with Crippen LogP contribution in [0.5, 0.6) is 5.75 Å². The number of halogens is 2. The molecule has 1 heterocycles. The molecule has 3 saturated carbocycles. The highest BCUT2D eigenvalue weighted by Crippen LogP contribution is 2.50. The highest BCUT2D eigenvalue weighted by atomic mass is 35.5. The molecule has 1 aromatic carbocycles. The minimum Gasteiger partial charge on any atom is -0.484 e. The number of carbonyl (C=O) groups excluding carboxylic acids is 2. The van der Waals surface area contributed by atoms with E-state index < -0.39 is 5.82 Å². The van der Waals surface area contributed by atoms with Crippen LogP contribution in [0.2, 0.25) is 5.02 Å². The van der Waals surface area contributed by atoms with Gasteiger partial charge in [0.1, 0.15) is 11.6 Å². The van der Waals surface area contributed by atoms with Crippen molar-refractivity contribution in [3.8, 4) is 5.75 Å². The van der Waals surface area contributed by atoms with Gasteiger partial charge in [-0.1, -0.05) is 18.5 Å². The number of fused-ring (bicyclic) bond motifs is 3. The number of hydrogen-bond acceptors (Lipinski definition) is 4. The highest BCUT2D eigenvalue weighted by molar-refractivity contribution is 6.30. The predicted molar refractivity (Wildman–Crippen MR) is 114 cm³/mol. The summed E-state index contributed by atoms with van der Waals surface area (Å²) in [6.07, 6.45) is 7.18. The number of aromatic nitrogens is 1. The number of amides is 2. The van der Waals surface area contributed by atoms with E-state index in [1.807, 2.05) is 0 Å². The molecule has 31 heavy (non-hydrogen) atoms. The average molecular weight is 446 g/mol. The SMILES string of the molecule is CC1CC2(NC(=O)COc3ccc(Cl)c(F)c3)CCC1(NC(=O)c1ccncc1)CC2. The molecule has 3 fully saturated rings. The zero-order valence-corrected chi connectivity index (χ0v) is 18.0. The third kappa shape index (κ3) is 4.51. The lowest BCUT2D eigenvalue weighted by atomic mass is 9.56. The first-order valence-corrected chi connectivity index (χ1v) is 10.8. The molecule has 2 amide bonds. The van der Waals surface area contributed by atoms with Crippen LogP contribution in [0.1, 0.15) is 49.4 Å². The molecule has 0 saturated heterocycles. The van der Waals surface area contributed by atoms with E-state index in [0.29, 0.717) is 5.56 Å². The molecule has 1 unspecified atom stereocenters. The third-order valence-corrected chi connectivity index (χ3v) is 7.02. The van der Waals surface area contributed by atoms with Crippen LogP contribution in [-0.4, -0.2) is 34.5 Å². The minimum atomic E-state index is -0.586. The van der Waals surface area contributed by atoms with Crippen molar-refractivity contribution in [2.45, 2.75) is 50.1 Å². The molecule has 6 nitrogen and oxygen atoms in total. The lowest BCUT2D eigenvalue weighted by Crippen LogP contribution is -2.67. The van der Waals surface area contributed by atoms with Crippen LogP contribution in [0.3, 0.4) is 0 Å². The number of nitrogens with one attached hydrogen (secondary N) is 2. The smallest absolute Gasteiger partial charge is 0.258 e. The molecule has 1 atom stereocenters. The fourth-order valence-electron chi connectivity index (χ4n) is 4.93. The first kappa shape index (κ1) is 21.6. The van der Waals surface area contributed by atoms with Gasteiger partial charge in [-0.15, -0.1) is 0 Å². The zero-order valence-electron chi connectivity index (χ0n) is 17.3. The van der Waals surface area contributed by atoms with Crippen molar-refractivity contribution < 1.29 is 18.7 Å². The molecule has 3 aliphatic carbocycles. The number of rotatable bonds is 6. The van der Waals surface area contributed by atoms with Gasteiger partial charge in [-0.05, 0) is 62.3 Å². The van der Waals surface area contributed by atoms with Gasteiger partial charge >= 0.3 is 0 Å². The maximum atomic E-state index is 13.5. The lowest BCUT2D eigenvalue weighted by Gasteiger charge is -2.57. The molecule has 5 rings (SSSR count). The molecule has 2 bridgehead atoms. The van der Waals surface area contributed by atoms with Crippen molar-refractivity contribution in [1.29, 1.82) is 0 Å². The van der Waals surface area contributed by atoms with E-state index >= 15 is 0 Å². The van der Waals surface area contributed by atoms with E-state index in [-0.39, 0.29) is 46.2 Å². The topological polar surface area (TPSA) is 80.3 Å². The van der Waals surface area contributed by atoms with Crippen LogP contribution in [-0.2, 0) is 4.79 Å². The van der Waals surface area contributed by atoms with E-state index in [1.54, 1.807) is 24.5 Å². The summed E-state index contributed by atoms with van der Waals surface area (Å²) in [6, 6.07) is 7.50. The maximum Gasteiger partial charge on any atom is 0.258 e. The second kappa shape index (κ2) is 8.46. The van der Waals surface area contributed by atoms with Crippen LogP contribution in [0.25, 0.3) is 0 Å². The normalized spacial score (nSPS) is 26.9. The lowest BCUT2D eigenvalue weighted by molar-refractivity contribution is -0.127. The molecule has 0 radical (unpaired) electrons. The Labute approximate surface area is 185 Å². The fraction of sp³-hybridized carbons (Fsp3) is 0.435. The quantitative estimate of drug-likeness (QED) is 0.706. The van der Waals surface area contributed by atoms with Crippen molar-refractivity contribution in [2.75, 3.05) is 6.61 Å². The standard InChI is InChI=1S/C23H25ClFN3O3/c1-15-13-22(27-20(29)14-31-17-2-3-18(24)19(25)12-17)6-8-23(15,9-7-22)28-21(30)16-4-10-26-11-5-16/h2-5,10-12,15H,6-9,13-14H2,1H3,(H,27,29)(H,28,30). The molecule has 0 spiro atoms. The summed E-state index contributed by atoms with van der Waals surface area (Å²) in [5.74, 6) is -0.439. The van der Waals surface area contributed by atoms with E-state index in [4.69, 9.17) is 16.3 Å². The van der Waals surface area contributed by atoms with Crippen molar-refractivity contribution in [2.24, 2.45) is 5.92 Å². The van der Waals surface area contributed by atoms with Crippen LogP contribution in [0.4, 0.5) is 4.39 Å². The van der Waals surface area contributed by atoms with Gasteiger partial charge in [0.25, 0.3) is 11.8 Å². The van der Waals surface area contributed by atoms with Crippen molar-refractivity contribution in [3.05, 3.63) is 59.1 Å². The van der Waals surface area contributed by atoms with Crippen molar-refractivity contribution in [3.63, 3.8) is 0 Å². The highest BCUT2D eigenvalue weighted by Gasteiger charge is 2.54. The van der Waals surface area contributed by atoms with Gasteiger partial charge in [-0.25, -0.2) is 4.39 Å². The number of pyridine rings is 1. The predicted octanol–water partition coefficient (Wildman–Crippen LogP) is 3.89. The van der Waals surface area contributed by atoms with Crippen LogP contribution >= 0.6 is 11.6 Å². The summed E-state index contributed by atoms with van der Waals surface area (Å²) in [5.41, 5.74) is 0.0429. The van der Waals surface area contributed by atoms with Gasteiger partial charge < -0.3 is 15.4 Å². The van der Waals surface area contributed by atoms with E-state index in [0.717, 1.165) is 38.2 Å². The zero-order chi connectivity index (χ0) is 22.1. The maximum absolute atomic E-state index is 13.5. The molecule has 1 aromatic heterocycles. The van der Waals surface area contributed by atoms with Gasteiger partial charge in [0, 0.05) is 35.1 Å². The Bertz CT molecular complexity index is 977. The minimum absolute atomic E-state index is 0.00796. The van der Waals surface area contributed by atoms with Crippen molar-refractivity contribution in [1.82, 2.24) is 15.6 Å². The van der Waals surface area contributed by atoms with Crippen LogP contribution < -0.4 is 15.4 Å². The molecular weight excluding hydrogens is 421 g/mol. The molecule has 8 heteroatoms. The van der Waals surface area contributed by atoms with Gasteiger partial charge in [-0.2, -0.15) is 0 Å². The number of benzene rings is 1. The van der Waals surface area contributed by atoms with E-state index in [2.05, 4.69) is 22.5 Å². The Balaban J connectivity index is 1.34. The number of carbonyl (C=O) groups is 2. The van der Waals surface area contributed by atoms with Crippen LogP contribution in [0.15, 0.2) is 42.7 Å². The Morgan fingerprint density at radius 1 is 1.16 bits per heavy atom. The number of ether oxygens (including phenoxy) is 1. The molecule has 3 aliphatic rings. The molecule has 2 aromatic rings. The molecule has 2 N–H and O–H groups in total. The van der Waals surface area contributed by atoms with Crippen molar-refractivity contribution >= 4 is 23.4 Å². The summed E-state index contributed by atoms with van der Waals surface area (Å²) in [5, 5.41) is 6.41. The average Bonchev–Trinajstić information content (AvgIpc) is 2.76. The van der Waals surface area contributed by atoms with Gasteiger partial charge in [0.2, 0.25) is 0 Å². The third-order valence-electron chi connectivity index (χ3n) is 6.71. The second-order valence-electron chi connectivity index (χ2n) is 8.64. The summed E-state index contributed by atoms with van der Waals surface area (Å²) in [6.45, 7) is 1.93. The first-order chi connectivity index (χ1) is 14.8. The number of hydrogen-bond donors (Lipinski definition) is 2. The van der Waals surface area contributed by atoms with Gasteiger partial charge in [-0.3, -0.25) is 14.6 Å². The second-order valence-corrected chi connectivity index (χ2v) is 9.05. The first-order valence-electron chi connectivity index (χ1n) is 10.4. The fourth-order valence-corrected chi connectivity index (χ4v) is 5.04. The van der Waals surface area contributed by atoms with Gasteiger partial charge in [0.15, 0.2) is 6.61 Å². The summed E-state index contributed by atoms with van der Waals surface area (Å²) in [4.78, 5) is 29.2.